The molecular formula is C12H27N3O2S. The first kappa shape index (κ1) is 15.9. The molecule has 6 heteroatoms. The molecular weight excluding hydrogens is 250 g/mol. The second kappa shape index (κ2) is 7.43. The quantitative estimate of drug-likeness (QED) is 0.722. The Kier molecular flexibility index (Phi) is 6.55. The predicted molar refractivity (Wildman–Crippen MR) is 75.2 cm³/mol. The van der Waals surface area contributed by atoms with Crippen LogP contribution in [-0.2, 0) is 10.0 Å². The van der Waals surface area contributed by atoms with Gasteiger partial charge in [0.25, 0.3) is 0 Å². The molecule has 1 unspecified atom stereocenters. The maximum Gasteiger partial charge on any atom is 0.211 e. The monoisotopic (exact) mass is 277 g/mol. The Bertz CT molecular complexity index is 324. The normalized spacial score (nSPS) is 21.1. The first-order valence-corrected chi connectivity index (χ1v) is 8.46. The van der Waals surface area contributed by atoms with Crippen molar-refractivity contribution in [3.63, 3.8) is 0 Å². The number of nitrogens with one attached hydrogen (secondary N) is 1. The maximum atomic E-state index is 11.8. The topological polar surface area (TPSA) is 52.7 Å². The number of rotatable bonds is 7. The summed E-state index contributed by atoms with van der Waals surface area (Å²) >= 11 is 0. The number of likely N-dealkylation sites (N-methyl/N-ethyl adjacent to an activating group) is 1. The van der Waals surface area contributed by atoms with E-state index in [9.17, 15) is 8.42 Å². The molecule has 18 heavy (non-hydrogen) atoms. The van der Waals surface area contributed by atoms with Crippen molar-refractivity contribution in [2.24, 2.45) is 5.92 Å². The van der Waals surface area contributed by atoms with Gasteiger partial charge >= 0.3 is 0 Å². The smallest absolute Gasteiger partial charge is 0.211 e. The van der Waals surface area contributed by atoms with Gasteiger partial charge in [-0.15, -0.1) is 0 Å². The molecule has 0 spiro atoms. The molecule has 1 aliphatic rings. The van der Waals surface area contributed by atoms with Crippen LogP contribution < -0.4 is 4.72 Å². The molecule has 108 valence electrons. The summed E-state index contributed by atoms with van der Waals surface area (Å²) in [6.45, 7) is 9.53. The number of hydrogen-bond acceptors (Lipinski definition) is 4. The number of piperazine rings is 1. The Hall–Kier alpha value is -0.170. The summed E-state index contributed by atoms with van der Waals surface area (Å²) in [4.78, 5) is 4.61. The van der Waals surface area contributed by atoms with Crippen LogP contribution in [0.5, 0.6) is 0 Å². The average molecular weight is 277 g/mol. The Labute approximate surface area is 112 Å². The molecule has 0 amide bonds. The largest absolute Gasteiger partial charge is 0.304 e. The summed E-state index contributed by atoms with van der Waals surface area (Å²) in [6.07, 6.45) is 0.902. The van der Waals surface area contributed by atoms with Crippen LogP contribution in [0.2, 0.25) is 0 Å². The molecule has 1 heterocycles. The zero-order chi connectivity index (χ0) is 13.6. The molecule has 0 bridgehead atoms. The molecule has 1 fully saturated rings. The molecule has 5 nitrogen and oxygen atoms in total. The van der Waals surface area contributed by atoms with Crippen molar-refractivity contribution in [2.45, 2.75) is 20.3 Å². The molecule has 0 aliphatic carbocycles. The van der Waals surface area contributed by atoms with E-state index < -0.39 is 10.0 Å². The van der Waals surface area contributed by atoms with E-state index in [2.05, 4.69) is 21.6 Å². The van der Waals surface area contributed by atoms with E-state index in [1.807, 2.05) is 13.8 Å². The number of sulfonamides is 1. The van der Waals surface area contributed by atoms with Gasteiger partial charge in [0.1, 0.15) is 0 Å². The minimum absolute atomic E-state index is 0.228. The highest BCUT2D eigenvalue weighted by Gasteiger charge is 2.16. The highest BCUT2D eigenvalue weighted by molar-refractivity contribution is 7.89. The van der Waals surface area contributed by atoms with Crippen molar-refractivity contribution >= 4 is 10.0 Å². The van der Waals surface area contributed by atoms with Crippen molar-refractivity contribution in [3.05, 3.63) is 0 Å². The number of nitrogens with zero attached hydrogens (tertiary/aromatic N) is 2. The SMILES string of the molecule is CCC(C)CS(=O)(=O)NCCN1CCN(C)CC1. The fourth-order valence-electron chi connectivity index (χ4n) is 1.98. The van der Waals surface area contributed by atoms with E-state index in [4.69, 9.17) is 0 Å². The lowest BCUT2D eigenvalue weighted by atomic mass is 10.2. The van der Waals surface area contributed by atoms with Gasteiger partial charge in [-0.1, -0.05) is 20.3 Å². The van der Waals surface area contributed by atoms with Gasteiger partial charge in [0.05, 0.1) is 5.75 Å². The van der Waals surface area contributed by atoms with Gasteiger partial charge in [-0.2, -0.15) is 0 Å². The van der Waals surface area contributed by atoms with Crippen LogP contribution in [0.15, 0.2) is 0 Å². The van der Waals surface area contributed by atoms with Crippen LogP contribution in [0.4, 0.5) is 0 Å². The third-order valence-corrected chi connectivity index (χ3v) is 5.20. The molecule has 0 aromatic rings. The highest BCUT2D eigenvalue weighted by Crippen LogP contribution is 2.04. The third kappa shape index (κ3) is 6.13. The first-order chi connectivity index (χ1) is 8.43. The van der Waals surface area contributed by atoms with Crippen LogP contribution in [-0.4, -0.2) is 70.3 Å². The average Bonchev–Trinajstić information content (AvgIpc) is 2.31. The zero-order valence-corrected chi connectivity index (χ0v) is 12.7. The van der Waals surface area contributed by atoms with Gasteiger partial charge in [-0.05, 0) is 13.0 Å². The van der Waals surface area contributed by atoms with Crippen molar-refractivity contribution < 1.29 is 8.42 Å². The summed E-state index contributed by atoms with van der Waals surface area (Å²) in [5, 5.41) is 0. The molecule has 1 N–H and O–H groups in total. The van der Waals surface area contributed by atoms with Gasteiger partial charge in [-0.3, -0.25) is 4.90 Å². The van der Waals surface area contributed by atoms with E-state index in [-0.39, 0.29) is 11.7 Å². The van der Waals surface area contributed by atoms with E-state index in [1.54, 1.807) is 0 Å². The molecule has 0 aromatic heterocycles. The Morgan fingerprint density at radius 2 is 1.83 bits per heavy atom. The fourth-order valence-corrected chi connectivity index (χ4v) is 3.49. The van der Waals surface area contributed by atoms with Gasteiger partial charge < -0.3 is 4.90 Å². The van der Waals surface area contributed by atoms with Crippen LogP contribution in [0, 0.1) is 5.92 Å². The molecule has 0 radical (unpaired) electrons. The first-order valence-electron chi connectivity index (χ1n) is 6.81. The molecule has 1 atom stereocenters. The third-order valence-electron chi connectivity index (χ3n) is 3.55. The van der Waals surface area contributed by atoms with Gasteiger partial charge in [0.2, 0.25) is 10.0 Å². The van der Waals surface area contributed by atoms with E-state index in [1.165, 1.54) is 0 Å². The zero-order valence-electron chi connectivity index (χ0n) is 11.9. The van der Waals surface area contributed by atoms with E-state index >= 15 is 0 Å². The van der Waals surface area contributed by atoms with Gasteiger partial charge in [0.15, 0.2) is 0 Å². The van der Waals surface area contributed by atoms with Gasteiger partial charge in [0, 0.05) is 39.3 Å². The molecule has 0 saturated carbocycles. The Morgan fingerprint density at radius 3 is 2.39 bits per heavy atom. The molecule has 1 aliphatic heterocycles. The van der Waals surface area contributed by atoms with Crippen molar-refractivity contribution in [1.29, 1.82) is 0 Å². The summed E-state index contributed by atoms with van der Waals surface area (Å²) in [5.74, 6) is 0.470. The molecule has 1 rings (SSSR count). The molecule has 0 aromatic carbocycles. The lowest BCUT2D eigenvalue weighted by Gasteiger charge is -2.32. The second-order valence-corrected chi connectivity index (χ2v) is 7.19. The van der Waals surface area contributed by atoms with Crippen molar-refractivity contribution in [3.8, 4) is 0 Å². The molecule has 1 saturated heterocycles. The summed E-state index contributed by atoms with van der Waals surface area (Å²) in [5.41, 5.74) is 0. The lowest BCUT2D eigenvalue weighted by Crippen LogP contribution is -2.47. The fraction of sp³-hybridized carbons (Fsp3) is 1.00. The van der Waals surface area contributed by atoms with Crippen molar-refractivity contribution in [1.82, 2.24) is 14.5 Å². The van der Waals surface area contributed by atoms with Crippen LogP contribution >= 0.6 is 0 Å². The number of hydrogen-bond donors (Lipinski definition) is 1. The minimum Gasteiger partial charge on any atom is -0.304 e. The van der Waals surface area contributed by atoms with E-state index in [0.717, 1.165) is 39.1 Å². The lowest BCUT2D eigenvalue weighted by molar-refractivity contribution is 0.156. The Balaban J connectivity index is 2.20. The standard InChI is InChI=1S/C12H27N3O2S/c1-4-12(2)11-18(16,17)13-5-6-15-9-7-14(3)8-10-15/h12-13H,4-11H2,1-3H3. The second-order valence-electron chi connectivity index (χ2n) is 5.33. The summed E-state index contributed by atoms with van der Waals surface area (Å²) in [6, 6.07) is 0. The van der Waals surface area contributed by atoms with Crippen LogP contribution in [0.25, 0.3) is 0 Å². The Morgan fingerprint density at radius 1 is 1.22 bits per heavy atom. The summed E-state index contributed by atoms with van der Waals surface area (Å²) in [7, 11) is -0.974. The van der Waals surface area contributed by atoms with Gasteiger partial charge in [-0.25, -0.2) is 13.1 Å². The predicted octanol–water partition coefficient (Wildman–Crippen LogP) is 0.199. The van der Waals surface area contributed by atoms with E-state index in [0.29, 0.717) is 6.54 Å². The van der Waals surface area contributed by atoms with Crippen LogP contribution in [0.3, 0.4) is 0 Å². The maximum absolute atomic E-state index is 11.8. The minimum atomic E-state index is -3.09. The van der Waals surface area contributed by atoms with Crippen molar-refractivity contribution in [2.75, 3.05) is 52.1 Å². The van der Waals surface area contributed by atoms with Crippen LogP contribution in [0.1, 0.15) is 20.3 Å². The summed E-state index contributed by atoms with van der Waals surface area (Å²) < 4.78 is 26.2. The highest BCUT2D eigenvalue weighted by atomic mass is 32.2.